The highest BCUT2D eigenvalue weighted by atomic mass is 16.5. The summed E-state index contributed by atoms with van der Waals surface area (Å²) < 4.78 is 5.56. The van der Waals surface area contributed by atoms with Crippen LogP contribution in [0.1, 0.15) is 26.2 Å². The summed E-state index contributed by atoms with van der Waals surface area (Å²) in [6, 6.07) is 0.428. The maximum atomic E-state index is 10.5. The van der Waals surface area contributed by atoms with Crippen molar-refractivity contribution in [3.8, 4) is 0 Å². The molecule has 1 saturated carbocycles. The monoisotopic (exact) mass is 228 g/mol. The van der Waals surface area contributed by atoms with Crippen molar-refractivity contribution in [1.29, 1.82) is 0 Å². The maximum Gasteiger partial charge on any atom is 0.0923 e. The van der Waals surface area contributed by atoms with Crippen LogP contribution < -0.4 is 5.73 Å². The van der Waals surface area contributed by atoms with Crippen LogP contribution in [0.2, 0.25) is 0 Å². The predicted octanol–water partition coefficient (Wildman–Crippen LogP) is 0.195. The molecule has 2 rings (SSSR count). The smallest absolute Gasteiger partial charge is 0.0923 e. The van der Waals surface area contributed by atoms with Gasteiger partial charge in [-0.1, -0.05) is 0 Å². The molecule has 1 heterocycles. The Bertz CT molecular complexity index is 245. The molecule has 0 aromatic rings. The topological polar surface area (TPSA) is 58.7 Å². The van der Waals surface area contributed by atoms with Gasteiger partial charge in [0.15, 0.2) is 0 Å². The van der Waals surface area contributed by atoms with Crippen molar-refractivity contribution in [2.24, 2.45) is 11.7 Å². The molecule has 3 atom stereocenters. The molecule has 0 radical (unpaired) electrons. The minimum Gasteiger partial charge on any atom is -0.387 e. The van der Waals surface area contributed by atoms with Crippen molar-refractivity contribution in [3.63, 3.8) is 0 Å². The molecule has 1 aliphatic heterocycles. The molecule has 2 fully saturated rings. The second kappa shape index (κ2) is 4.61. The lowest BCUT2D eigenvalue weighted by atomic mass is 9.96. The Labute approximate surface area is 97.7 Å². The van der Waals surface area contributed by atoms with Gasteiger partial charge in [-0.3, -0.25) is 4.90 Å². The Morgan fingerprint density at radius 3 is 2.56 bits per heavy atom. The van der Waals surface area contributed by atoms with E-state index in [4.69, 9.17) is 10.5 Å². The number of nitrogens with two attached hydrogens (primary N) is 1. The molecule has 16 heavy (non-hydrogen) atoms. The first-order valence-corrected chi connectivity index (χ1v) is 6.31. The summed E-state index contributed by atoms with van der Waals surface area (Å²) >= 11 is 0. The zero-order valence-electron chi connectivity index (χ0n) is 10.4. The third-order valence-electron chi connectivity index (χ3n) is 4.12. The van der Waals surface area contributed by atoms with Crippen molar-refractivity contribution in [2.75, 3.05) is 26.7 Å². The molecule has 94 valence electrons. The van der Waals surface area contributed by atoms with Gasteiger partial charge in [-0.05, 0) is 39.2 Å². The zero-order valence-corrected chi connectivity index (χ0v) is 10.4. The Kier molecular flexibility index (Phi) is 3.54. The van der Waals surface area contributed by atoms with Crippen molar-refractivity contribution < 1.29 is 9.84 Å². The van der Waals surface area contributed by atoms with E-state index in [0.29, 0.717) is 25.0 Å². The van der Waals surface area contributed by atoms with Gasteiger partial charge in [-0.2, -0.15) is 0 Å². The first kappa shape index (κ1) is 12.3. The third kappa shape index (κ3) is 2.40. The van der Waals surface area contributed by atoms with E-state index in [1.807, 2.05) is 0 Å². The Hall–Kier alpha value is -0.160. The number of hydrogen-bond donors (Lipinski definition) is 2. The maximum absolute atomic E-state index is 10.5. The fraction of sp³-hybridized carbons (Fsp3) is 1.00. The van der Waals surface area contributed by atoms with Gasteiger partial charge in [0.25, 0.3) is 0 Å². The molecule has 1 saturated heterocycles. The van der Waals surface area contributed by atoms with Crippen molar-refractivity contribution in [3.05, 3.63) is 0 Å². The Balaban J connectivity index is 1.92. The highest BCUT2D eigenvalue weighted by molar-refractivity contribution is 4.98. The van der Waals surface area contributed by atoms with Crippen LogP contribution in [0.4, 0.5) is 0 Å². The summed E-state index contributed by atoms with van der Waals surface area (Å²) in [7, 11) is 2.07. The number of hydrogen-bond acceptors (Lipinski definition) is 4. The minimum atomic E-state index is -0.683. The van der Waals surface area contributed by atoms with Gasteiger partial charge in [0.2, 0.25) is 0 Å². The van der Waals surface area contributed by atoms with E-state index in [2.05, 4.69) is 18.9 Å². The molecule has 4 nitrogen and oxygen atoms in total. The highest BCUT2D eigenvalue weighted by Gasteiger charge is 2.44. The van der Waals surface area contributed by atoms with Crippen LogP contribution in [0.25, 0.3) is 0 Å². The van der Waals surface area contributed by atoms with Crippen LogP contribution in [0.3, 0.4) is 0 Å². The molecule has 4 heteroatoms. The number of rotatable bonds is 5. The Morgan fingerprint density at radius 1 is 1.44 bits per heavy atom. The lowest BCUT2D eigenvalue weighted by Crippen LogP contribution is -2.52. The Morgan fingerprint density at radius 2 is 2.12 bits per heavy atom. The van der Waals surface area contributed by atoms with E-state index in [1.54, 1.807) is 0 Å². The zero-order chi connectivity index (χ0) is 11.8. The van der Waals surface area contributed by atoms with E-state index < -0.39 is 5.60 Å². The second-order valence-electron chi connectivity index (χ2n) is 5.43. The van der Waals surface area contributed by atoms with Gasteiger partial charge in [0, 0.05) is 25.7 Å². The highest BCUT2D eigenvalue weighted by Crippen LogP contribution is 2.40. The molecular weight excluding hydrogens is 204 g/mol. The molecule has 0 amide bonds. The molecular formula is C12H24N2O2. The average Bonchev–Trinajstić information content (AvgIpc) is 3.02. The number of ether oxygens (including phenoxy) is 1. The van der Waals surface area contributed by atoms with Crippen LogP contribution in [0.5, 0.6) is 0 Å². The summed E-state index contributed by atoms with van der Waals surface area (Å²) in [6.45, 7) is 3.98. The van der Waals surface area contributed by atoms with Gasteiger partial charge in [-0.15, -0.1) is 0 Å². The van der Waals surface area contributed by atoms with Gasteiger partial charge in [-0.25, -0.2) is 0 Å². The van der Waals surface area contributed by atoms with Crippen LogP contribution in [-0.4, -0.2) is 54.5 Å². The fourth-order valence-electron chi connectivity index (χ4n) is 2.83. The lowest BCUT2D eigenvalue weighted by molar-refractivity contribution is -0.0200. The van der Waals surface area contributed by atoms with Gasteiger partial charge in [0.1, 0.15) is 0 Å². The average molecular weight is 228 g/mol. The van der Waals surface area contributed by atoms with Crippen molar-refractivity contribution in [2.45, 2.75) is 43.9 Å². The van der Waals surface area contributed by atoms with E-state index in [-0.39, 0.29) is 6.10 Å². The summed E-state index contributed by atoms with van der Waals surface area (Å²) in [5.41, 5.74) is 5.04. The van der Waals surface area contributed by atoms with Gasteiger partial charge >= 0.3 is 0 Å². The van der Waals surface area contributed by atoms with Crippen LogP contribution >= 0.6 is 0 Å². The van der Waals surface area contributed by atoms with E-state index in [0.717, 1.165) is 25.9 Å². The largest absolute Gasteiger partial charge is 0.387 e. The summed E-state index contributed by atoms with van der Waals surface area (Å²) in [4.78, 5) is 2.23. The number of likely N-dealkylation sites (N-methyl/N-ethyl adjacent to an activating group) is 1. The molecule has 0 aromatic carbocycles. The second-order valence-corrected chi connectivity index (χ2v) is 5.43. The third-order valence-corrected chi connectivity index (χ3v) is 4.12. The van der Waals surface area contributed by atoms with E-state index >= 15 is 0 Å². The molecule has 3 N–H and O–H groups in total. The minimum absolute atomic E-state index is 0.270. The number of aliphatic hydroxyl groups is 1. The summed E-state index contributed by atoms with van der Waals surface area (Å²) in [5, 5.41) is 10.5. The predicted molar refractivity (Wildman–Crippen MR) is 63.2 cm³/mol. The first-order valence-electron chi connectivity index (χ1n) is 6.31. The molecule has 2 aliphatic rings. The van der Waals surface area contributed by atoms with Crippen LogP contribution in [0.15, 0.2) is 0 Å². The summed E-state index contributed by atoms with van der Waals surface area (Å²) in [6.07, 6.45) is 3.57. The molecule has 0 aromatic heterocycles. The van der Waals surface area contributed by atoms with Gasteiger partial charge < -0.3 is 15.6 Å². The van der Waals surface area contributed by atoms with Crippen molar-refractivity contribution >= 4 is 0 Å². The van der Waals surface area contributed by atoms with E-state index in [1.165, 1.54) is 0 Å². The molecule has 1 aliphatic carbocycles. The number of nitrogens with zero attached hydrogens (tertiary/aromatic N) is 1. The first-order chi connectivity index (χ1) is 7.57. The SMILES string of the molecule is CC1OCCC1N(C)CC(O)(CN)C1CC1. The standard InChI is InChI=1S/C12H24N2O2/c1-9-11(5-6-16-9)14(2)8-12(15,7-13)10-3-4-10/h9-11,15H,3-8,13H2,1-2H3. The van der Waals surface area contributed by atoms with Crippen LogP contribution in [-0.2, 0) is 4.74 Å². The van der Waals surface area contributed by atoms with Gasteiger partial charge in [0.05, 0.1) is 11.7 Å². The molecule has 3 unspecified atom stereocenters. The molecule has 0 bridgehead atoms. The normalized spacial score (nSPS) is 34.3. The quantitative estimate of drug-likeness (QED) is 0.705. The molecule has 0 spiro atoms. The fourth-order valence-corrected chi connectivity index (χ4v) is 2.83. The van der Waals surface area contributed by atoms with E-state index in [9.17, 15) is 5.11 Å². The lowest BCUT2D eigenvalue weighted by Gasteiger charge is -2.35. The van der Waals surface area contributed by atoms with Crippen molar-refractivity contribution in [1.82, 2.24) is 4.90 Å². The van der Waals surface area contributed by atoms with Crippen LogP contribution in [0, 0.1) is 5.92 Å². The summed E-state index contributed by atoms with van der Waals surface area (Å²) in [5.74, 6) is 0.414.